The molecule has 2 aromatic heterocycles. The summed E-state index contributed by atoms with van der Waals surface area (Å²) in [6, 6.07) is 20.2. The van der Waals surface area contributed by atoms with E-state index >= 15 is 0 Å². The van der Waals surface area contributed by atoms with E-state index in [1.54, 1.807) is 6.07 Å². The van der Waals surface area contributed by atoms with Gasteiger partial charge in [0.15, 0.2) is 5.13 Å². The van der Waals surface area contributed by atoms with Crippen LogP contribution in [0.1, 0.15) is 15.2 Å². The minimum atomic E-state index is -0.705. The molecule has 0 bridgehead atoms. The zero-order valence-electron chi connectivity index (χ0n) is 14.8. The van der Waals surface area contributed by atoms with Gasteiger partial charge in [0.2, 0.25) is 5.91 Å². The molecule has 0 aliphatic heterocycles. The molecule has 5 nitrogen and oxygen atoms in total. The topological polar surface area (TPSA) is 71.1 Å². The Hall–Kier alpha value is -3.03. The predicted molar refractivity (Wildman–Crippen MR) is 114 cm³/mol. The second-order valence-electron chi connectivity index (χ2n) is 6.17. The summed E-state index contributed by atoms with van der Waals surface area (Å²) in [5.74, 6) is -0.539. The molecule has 0 aliphatic carbocycles. The number of nitrogens with one attached hydrogen (secondary N) is 2. The molecule has 7 heteroatoms. The van der Waals surface area contributed by atoms with Gasteiger partial charge in [0.05, 0.1) is 15.1 Å². The van der Waals surface area contributed by atoms with Crippen molar-refractivity contribution in [3.63, 3.8) is 0 Å². The average Bonchev–Trinajstić information content (AvgIpc) is 3.37. The molecule has 0 spiro atoms. The van der Waals surface area contributed by atoms with Crippen LogP contribution in [0.15, 0.2) is 72.1 Å². The van der Waals surface area contributed by atoms with Crippen LogP contribution in [0.4, 0.5) is 5.13 Å². The number of fused-ring (bicyclic) bond motifs is 1. The molecule has 2 heterocycles. The molecule has 2 N–H and O–H groups in total. The number of carbonyl (C=O) groups is 2. The molecule has 0 fully saturated rings. The molecule has 0 radical (unpaired) electrons. The minimum absolute atomic E-state index is 0.254. The van der Waals surface area contributed by atoms with Crippen molar-refractivity contribution in [3.8, 4) is 0 Å². The van der Waals surface area contributed by atoms with Crippen LogP contribution in [-0.2, 0) is 11.2 Å². The lowest BCUT2D eigenvalue weighted by Gasteiger charge is -2.17. The van der Waals surface area contributed by atoms with Gasteiger partial charge in [0, 0.05) is 6.42 Å². The maximum Gasteiger partial charge on any atom is 0.262 e. The van der Waals surface area contributed by atoms with E-state index in [-0.39, 0.29) is 11.8 Å². The van der Waals surface area contributed by atoms with Crippen molar-refractivity contribution in [3.05, 3.63) is 82.6 Å². The van der Waals surface area contributed by atoms with Crippen molar-refractivity contribution >= 4 is 49.8 Å². The van der Waals surface area contributed by atoms with E-state index in [4.69, 9.17) is 0 Å². The highest BCUT2D eigenvalue weighted by Gasteiger charge is 2.23. The van der Waals surface area contributed by atoms with Crippen LogP contribution in [0.25, 0.3) is 10.2 Å². The number of hydrogen-bond donors (Lipinski definition) is 2. The zero-order chi connectivity index (χ0) is 19.3. The van der Waals surface area contributed by atoms with Gasteiger partial charge in [-0.1, -0.05) is 59.9 Å². The van der Waals surface area contributed by atoms with Gasteiger partial charge in [-0.3, -0.25) is 9.59 Å². The minimum Gasteiger partial charge on any atom is -0.339 e. The summed E-state index contributed by atoms with van der Waals surface area (Å²) < 4.78 is 1.00. The number of nitrogens with zero attached hydrogens (tertiary/aromatic N) is 1. The number of amides is 2. The van der Waals surface area contributed by atoms with E-state index in [1.807, 2.05) is 66.0 Å². The molecule has 1 atom stereocenters. The first-order chi connectivity index (χ1) is 13.7. The van der Waals surface area contributed by atoms with E-state index < -0.39 is 6.04 Å². The van der Waals surface area contributed by atoms with E-state index in [0.29, 0.717) is 16.4 Å². The Kier molecular flexibility index (Phi) is 5.45. The van der Waals surface area contributed by atoms with Crippen LogP contribution in [0.2, 0.25) is 0 Å². The van der Waals surface area contributed by atoms with Crippen molar-refractivity contribution < 1.29 is 9.59 Å². The van der Waals surface area contributed by atoms with Crippen molar-refractivity contribution in [1.29, 1.82) is 0 Å². The SMILES string of the molecule is O=C(N[C@@H](Cc1ccccc1)C(=O)Nc1nc2ccccc2s1)c1cccs1. The second kappa shape index (κ2) is 8.33. The smallest absolute Gasteiger partial charge is 0.262 e. The molecule has 4 aromatic rings. The fourth-order valence-corrected chi connectivity index (χ4v) is 4.31. The quantitative estimate of drug-likeness (QED) is 0.500. The molecule has 0 saturated heterocycles. The Balaban J connectivity index is 1.54. The van der Waals surface area contributed by atoms with E-state index in [0.717, 1.165) is 15.8 Å². The fourth-order valence-electron chi connectivity index (χ4n) is 2.81. The normalized spacial score (nSPS) is 11.9. The third kappa shape index (κ3) is 4.27. The fraction of sp³-hybridized carbons (Fsp3) is 0.0952. The number of rotatable bonds is 6. The summed E-state index contributed by atoms with van der Waals surface area (Å²) in [6.07, 6.45) is 0.398. The summed E-state index contributed by atoms with van der Waals surface area (Å²) in [7, 11) is 0. The van der Waals surface area contributed by atoms with Crippen LogP contribution in [0, 0.1) is 0 Å². The lowest BCUT2D eigenvalue weighted by molar-refractivity contribution is -0.118. The Morgan fingerprint density at radius 2 is 1.75 bits per heavy atom. The zero-order valence-corrected chi connectivity index (χ0v) is 16.4. The average molecular weight is 408 g/mol. The summed E-state index contributed by atoms with van der Waals surface area (Å²) in [4.78, 5) is 30.5. The Bertz CT molecular complexity index is 1060. The maximum atomic E-state index is 12.9. The third-order valence-corrected chi connectivity index (χ3v) is 5.99. The molecule has 0 unspecified atom stereocenters. The summed E-state index contributed by atoms with van der Waals surface area (Å²) in [6.45, 7) is 0. The van der Waals surface area contributed by atoms with Gasteiger partial charge in [0.1, 0.15) is 6.04 Å². The molecule has 0 saturated carbocycles. The Morgan fingerprint density at radius 1 is 0.964 bits per heavy atom. The van der Waals surface area contributed by atoms with Gasteiger partial charge in [0.25, 0.3) is 5.91 Å². The summed E-state index contributed by atoms with van der Waals surface area (Å²) in [5.41, 5.74) is 1.81. The predicted octanol–water partition coefficient (Wildman–Crippen LogP) is 4.34. The van der Waals surface area contributed by atoms with E-state index in [1.165, 1.54) is 22.7 Å². The number of para-hydroxylation sites is 1. The van der Waals surface area contributed by atoms with Crippen LogP contribution >= 0.6 is 22.7 Å². The molecule has 0 aliphatic rings. The van der Waals surface area contributed by atoms with Crippen LogP contribution in [0.3, 0.4) is 0 Å². The monoisotopic (exact) mass is 407 g/mol. The molecule has 140 valence electrons. The second-order valence-corrected chi connectivity index (χ2v) is 8.15. The van der Waals surface area contributed by atoms with Gasteiger partial charge >= 0.3 is 0 Å². The van der Waals surface area contributed by atoms with Crippen LogP contribution in [-0.4, -0.2) is 22.8 Å². The molecule has 28 heavy (non-hydrogen) atoms. The highest BCUT2D eigenvalue weighted by molar-refractivity contribution is 7.22. The molecule has 4 rings (SSSR count). The lowest BCUT2D eigenvalue weighted by Crippen LogP contribution is -2.45. The number of aromatic nitrogens is 1. The number of thiazole rings is 1. The summed E-state index contributed by atoms with van der Waals surface area (Å²) in [5, 5.41) is 8.08. The van der Waals surface area contributed by atoms with Gasteiger partial charge in [-0.2, -0.15) is 0 Å². The first kappa shape index (κ1) is 18.3. The first-order valence-electron chi connectivity index (χ1n) is 8.74. The van der Waals surface area contributed by atoms with E-state index in [2.05, 4.69) is 15.6 Å². The van der Waals surface area contributed by atoms with Crippen molar-refractivity contribution in [2.45, 2.75) is 12.5 Å². The molecule has 2 amide bonds. The van der Waals surface area contributed by atoms with Crippen molar-refractivity contribution in [2.75, 3.05) is 5.32 Å². The molecular formula is C21H17N3O2S2. The van der Waals surface area contributed by atoms with Gasteiger partial charge in [-0.25, -0.2) is 4.98 Å². The Morgan fingerprint density at radius 3 is 2.50 bits per heavy atom. The highest BCUT2D eigenvalue weighted by atomic mass is 32.1. The highest BCUT2D eigenvalue weighted by Crippen LogP contribution is 2.25. The van der Waals surface area contributed by atoms with E-state index in [9.17, 15) is 9.59 Å². The number of benzene rings is 2. The number of hydrogen-bond acceptors (Lipinski definition) is 5. The number of anilines is 1. The lowest BCUT2D eigenvalue weighted by atomic mass is 10.1. The van der Waals surface area contributed by atoms with Crippen molar-refractivity contribution in [2.24, 2.45) is 0 Å². The van der Waals surface area contributed by atoms with Gasteiger partial charge in [-0.15, -0.1) is 11.3 Å². The summed E-state index contributed by atoms with van der Waals surface area (Å²) >= 11 is 2.76. The third-order valence-electron chi connectivity index (χ3n) is 4.17. The molecule has 2 aromatic carbocycles. The maximum absolute atomic E-state index is 12.9. The van der Waals surface area contributed by atoms with Crippen molar-refractivity contribution in [1.82, 2.24) is 10.3 Å². The Labute approximate surface area is 170 Å². The number of thiophene rings is 1. The van der Waals surface area contributed by atoms with Crippen LogP contribution in [0.5, 0.6) is 0 Å². The molecular weight excluding hydrogens is 390 g/mol. The number of carbonyl (C=O) groups excluding carboxylic acids is 2. The van der Waals surface area contributed by atoms with Crippen LogP contribution < -0.4 is 10.6 Å². The first-order valence-corrected chi connectivity index (χ1v) is 10.4. The van der Waals surface area contributed by atoms with Gasteiger partial charge < -0.3 is 10.6 Å². The standard InChI is InChI=1S/C21H17N3O2S2/c25-19(24-21-23-15-9-4-5-10-17(15)28-21)16(13-14-7-2-1-3-8-14)22-20(26)18-11-6-12-27-18/h1-12,16H,13H2,(H,22,26)(H,23,24,25)/t16-/m0/s1. The van der Waals surface area contributed by atoms with Gasteiger partial charge in [-0.05, 0) is 29.1 Å². The largest absolute Gasteiger partial charge is 0.339 e.